The van der Waals surface area contributed by atoms with Gasteiger partial charge in [0.05, 0.1) is 33.0 Å². The Hall–Kier alpha value is -2.15. The molecule has 1 atom stereocenters. The third-order valence-electron chi connectivity index (χ3n) is 3.98. The van der Waals surface area contributed by atoms with E-state index in [4.69, 9.17) is 27.9 Å². The number of hydrogen-bond acceptors (Lipinski definition) is 4. The van der Waals surface area contributed by atoms with Gasteiger partial charge in [0, 0.05) is 25.5 Å². The fourth-order valence-corrected chi connectivity index (χ4v) is 2.94. The minimum atomic E-state index is -0.435. The van der Waals surface area contributed by atoms with Crippen molar-refractivity contribution in [3.05, 3.63) is 57.8 Å². The van der Waals surface area contributed by atoms with Crippen LogP contribution >= 0.6 is 23.2 Å². The first-order chi connectivity index (χ1) is 12.5. The number of anilines is 1. The van der Waals surface area contributed by atoms with E-state index in [9.17, 15) is 9.59 Å². The van der Waals surface area contributed by atoms with Crippen LogP contribution in [-0.2, 0) is 4.74 Å². The van der Waals surface area contributed by atoms with Gasteiger partial charge in [-0.2, -0.15) is 0 Å². The zero-order chi connectivity index (χ0) is 18.5. The van der Waals surface area contributed by atoms with Crippen molar-refractivity contribution in [3.8, 4) is 0 Å². The lowest BCUT2D eigenvalue weighted by atomic mass is 10.1. The summed E-state index contributed by atoms with van der Waals surface area (Å²) in [6.07, 6.45) is 4.77. The second-order valence-corrected chi connectivity index (χ2v) is 6.65. The van der Waals surface area contributed by atoms with Crippen LogP contribution in [0, 0.1) is 0 Å². The summed E-state index contributed by atoms with van der Waals surface area (Å²) in [4.78, 5) is 28.6. The summed E-state index contributed by atoms with van der Waals surface area (Å²) < 4.78 is 5.47. The van der Waals surface area contributed by atoms with E-state index in [-0.39, 0.29) is 22.6 Å². The number of halogens is 2. The zero-order valence-corrected chi connectivity index (χ0v) is 15.3. The summed E-state index contributed by atoms with van der Waals surface area (Å²) >= 11 is 12.0. The second kappa shape index (κ2) is 8.49. The quantitative estimate of drug-likeness (QED) is 0.813. The summed E-state index contributed by atoms with van der Waals surface area (Å²) in [6, 6.07) is 6.42. The van der Waals surface area contributed by atoms with E-state index in [1.54, 1.807) is 18.2 Å². The van der Waals surface area contributed by atoms with Crippen molar-refractivity contribution in [2.24, 2.45) is 0 Å². The van der Waals surface area contributed by atoms with Gasteiger partial charge in [-0.1, -0.05) is 29.3 Å². The van der Waals surface area contributed by atoms with Crippen LogP contribution in [0.25, 0.3) is 0 Å². The second-order valence-electron chi connectivity index (χ2n) is 5.86. The van der Waals surface area contributed by atoms with Crippen molar-refractivity contribution >= 4 is 40.7 Å². The highest BCUT2D eigenvalue weighted by Crippen LogP contribution is 2.29. The molecule has 0 aliphatic carbocycles. The molecule has 0 radical (unpaired) electrons. The number of carbonyl (C=O) groups is 2. The molecule has 1 aromatic carbocycles. The van der Waals surface area contributed by atoms with E-state index >= 15 is 0 Å². The molecule has 6 nitrogen and oxygen atoms in total. The number of rotatable bonds is 5. The molecule has 1 aliphatic rings. The maximum Gasteiger partial charge on any atom is 0.257 e. The minimum absolute atomic E-state index is 0.0448. The molecular weight excluding hydrogens is 377 g/mol. The fraction of sp³-hybridized carbons (Fsp3) is 0.278. The molecule has 1 aliphatic heterocycles. The largest absolute Gasteiger partial charge is 0.376 e. The van der Waals surface area contributed by atoms with Gasteiger partial charge >= 0.3 is 0 Å². The third-order valence-corrected chi connectivity index (χ3v) is 4.80. The molecule has 1 aromatic heterocycles. The van der Waals surface area contributed by atoms with Gasteiger partial charge in [-0.25, -0.2) is 0 Å². The fourth-order valence-electron chi connectivity index (χ4n) is 2.60. The van der Waals surface area contributed by atoms with Crippen LogP contribution in [0.3, 0.4) is 0 Å². The molecule has 8 heteroatoms. The van der Waals surface area contributed by atoms with Crippen LogP contribution in [0.15, 0.2) is 36.7 Å². The Morgan fingerprint density at radius 2 is 1.96 bits per heavy atom. The Bertz CT molecular complexity index is 823. The number of pyridine rings is 1. The maximum absolute atomic E-state index is 12.4. The summed E-state index contributed by atoms with van der Waals surface area (Å²) in [5.41, 5.74) is 0.927. The number of nitrogens with one attached hydrogen (secondary N) is 2. The van der Waals surface area contributed by atoms with Gasteiger partial charge in [-0.05, 0) is 31.0 Å². The number of nitrogens with zero attached hydrogens (tertiary/aromatic N) is 1. The van der Waals surface area contributed by atoms with Crippen LogP contribution in [0.5, 0.6) is 0 Å². The van der Waals surface area contributed by atoms with E-state index in [0.717, 1.165) is 19.4 Å². The van der Waals surface area contributed by atoms with E-state index in [1.807, 2.05) is 0 Å². The molecule has 0 bridgehead atoms. The normalized spacial score (nSPS) is 16.3. The SMILES string of the molecule is O=C(NCC1CCCO1)c1cncc(C(=O)Nc2cccc(Cl)c2Cl)c1. The lowest BCUT2D eigenvalue weighted by Crippen LogP contribution is -2.32. The highest BCUT2D eigenvalue weighted by atomic mass is 35.5. The van der Waals surface area contributed by atoms with Gasteiger partial charge in [-0.15, -0.1) is 0 Å². The van der Waals surface area contributed by atoms with Crippen molar-refractivity contribution in [2.45, 2.75) is 18.9 Å². The lowest BCUT2D eigenvalue weighted by Gasteiger charge is -2.11. The average Bonchev–Trinajstić information content (AvgIpc) is 3.17. The molecule has 2 aromatic rings. The monoisotopic (exact) mass is 393 g/mol. The van der Waals surface area contributed by atoms with E-state index in [0.29, 0.717) is 22.8 Å². The van der Waals surface area contributed by atoms with Gasteiger partial charge < -0.3 is 15.4 Å². The predicted molar refractivity (Wildman–Crippen MR) is 100.0 cm³/mol. The van der Waals surface area contributed by atoms with Crippen molar-refractivity contribution in [3.63, 3.8) is 0 Å². The van der Waals surface area contributed by atoms with E-state index < -0.39 is 5.91 Å². The standard InChI is InChI=1S/C18H17Cl2N3O3/c19-14-4-1-5-15(16(14)20)23-18(25)12-7-11(8-21-9-12)17(24)22-10-13-3-2-6-26-13/h1,4-5,7-9,13H,2-3,6,10H2,(H,22,24)(H,23,25). The topological polar surface area (TPSA) is 80.3 Å². The van der Waals surface area contributed by atoms with Gasteiger partial charge in [0.25, 0.3) is 11.8 Å². The smallest absolute Gasteiger partial charge is 0.257 e. The number of carbonyl (C=O) groups excluding carboxylic acids is 2. The third kappa shape index (κ3) is 4.52. The van der Waals surface area contributed by atoms with Crippen molar-refractivity contribution < 1.29 is 14.3 Å². The van der Waals surface area contributed by atoms with E-state index in [2.05, 4.69) is 15.6 Å². The number of hydrogen-bond donors (Lipinski definition) is 2. The molecule has 136 valence electrons. The molecule has 2 N–H and O–H groups in total. The Balaban J connectivity index is 1.66. The average molecular weight is 394 g/mol. The molecule has 26 heavy (non-hydrogen) atoms. The first-order valence-corrected chi connectivity index (χ1v) is 8.90. The molecule has 1 fully saturated rings. The van der Waals surface area contributed by atoms with Gasteiger partial charge in [0.2, 0.25) is 0 Å². The Kier molecular flexibility index (Phi) is 6.08. The van der Waals surface area contributed by atoms with Crippen molar-refractivity contribution in [1.82, 2.24) is 10.3 Å². The molecule has 0 spiro atoms. The van der Waals surface area contributed by atoms with Crippen LogP contribution in [0.4, 0.5) is 5.69 Å². The molecule has 3 rings (SSSR count). The summed E-state index contributed by atoms with van der Waals surface area (Å²) in [7, 11) is 0. The highest BCUT2D eigenvalue weighted by molar-refractivity contribution is 6.44. The number of aromatic nitrogens is 1. The summed E-state index contributed by atoms with van der Waals surface area (Å²) in [6.45, 7) is 1.16. The van der Waals surface area contributed by atoms with Gasteiger partial charge in [0.15, 0.2) is 0 Å². The molecule has 1 saturated heterocycles. The minimum Gasteiger partial charge on any atom is -0.376 e. The molecular formula is C18H17Cl2N3O3. The highest BCUT2D eigenvalue weighted by Gasteiger charge is 2.18. The van der Waals surface area contributed by atoms with Crippen molar-refractivity contribution in [1.29, 1.82) is 0 Å². The molecule has 2 amide bonds. The summed E-state index contributed by atoms with van der Waals surface area (Å²) in [5, 5.41) is 6.05. The molecule has 2 heterocycles. The predicted octanol–water partition coefficient (Wildman–Crippen LogP) is 3.55. The number of ether oxygens (including phenoxy) is 1. The Morgan fingerprint density at radius 3 is 2.69 bits per heavy atom. The first kappa shape index (κ1) is 18.6. The Morgan fingerprint density at radius 1 is 1.19 bits per heavy atom. The summed E-state index contributed by atoms with van der Waals surface area (Å²) in [5.74, 6) is -0.737. The van der Waals surface area contributed by atoms with E-state index in [1.165, 1.54) is 18.5 Å². The van der Waals surface area contributed by atoms with Crippen LogP contribution < -0.4 is 10.6 Å². The first-order valence-electron chi connectivity index (χ1n) is 8.15. The number of amides is 2. The van der Waals surface area contributed by atoms with Gasteiger partial charge in [-0.3, -0.25) is 14.6 Å². The van der Waals surface area contributed by atoms with Crippen molar-refractivity contribution in [2.75, 3.05) is 18.5 Å². The Labute approximate surface area is 160 Å². The van der Waals surface area contributed by atoms with Crippen LogP contribution in [0.2, 0.25) is 10.0 Å². The number of benzene rings is 1. The lowest BCUT2D eigenvalue weighted by molar-refractivity contribution is 0.0857. The maximum atomic E-state index is 12.4. The van der Waals surface area contributed by atoms with Gasteiger partial charge in [0.1, 0.15) is 0 Å². The zero-order valence-electron chi connectivity index (χ0n) is 13.8. The molecule has 0 saturated carbocycles. The van der Waals surface area contributed by atoms with Crippen LogP contribution in [0.1, 0.15) is 33.6 Å². The molecule has 1 unspecified atom stereocenters. The van der Waals surface area contributed by atoms with Crippen LogP contribution in [-0.4, -0.2) is 36.1 Å².